The van der Waals surface area contributed by atoms with Crippen molar-refractivity contribution in [1.29, 1.82) is 0 Å². The lowest BCUT2D eigenvalue weighted by Crippen LogP contribution is -2.32. The molecule has 0 aromatic rings. The third-order valence-corrected chi connectivity index (χ3v) is 2.09. The van der Waals surface area contributed by atoms with Gasteiger partial charge in [0.1, 0.15) is 5.83 Å². The lowest BCUT2D eigenvalue weighted by Gasteiger charge is -2.22. The molecule has 0 amide bonds. The van der Waals surface area contributed by atoms with E-state index in [2.05, 4.69) is 15.9 Å². The molecule has 0 N–H and O–H groups in total. The molecule has 2 unspecified atom stereocenters. The highest BCUT2D eigenvalue weighted by Crippen LogP contribution is 2.38. The van der Waals surface area contributed by atoms with Crippen LogP contribution in [0.3, 0.4) is 0 Å². The second kappa shape index (κ2) is 3.25. The maximum absolute atomic E-state index is 13.0. The largest absolute Gasteiger partial charge is 0.331 e. The SMILES string of the molecule is O=C(F)C1=CC(F)=CC(F)(Br)C1F. The molecule has 1 aliphatic rings. The minimum atomic E-state index is -2.86. The summed E-state index contributed by atoms with van der Waals surface area (Å²) in [5.74, 6) is -1.20. The van der Waals surface area contributed by atoms with Crippen LogP contribution in [0, 0.1) is 0 Å². The Hall–Kier alpha value is -0.650. The fourth-order valence-electron chi connectivity index (χ4n) is 0.884. The summed E-state index contributed by atoms with van der Waals surface area (Å²) in [5.41, 5.74) is -1.17. The van der Waals surface area contributed by atoms with Gasteiger partial charge >= 0.3 is 6.04 Å². The number of hydrogen-bond acceptors (Lipinski definition) is 1. The second-order valence-corrected chi connectivity index (χ2v) is 3.66. The number of hydrogen-bond donors (Lipinski definition) is 0. The minimum absolute atomic E-state index is 0.282. The Morgan fingerprint density at radius 2 is 2.15 bits per heavy atom. The Kier molecular flexibility index (Phi) is 2.61. The summed E-state index contributed by atoms with van der Waals surface area (Å²) < 4.78 is 47.5. The molecule has 1 aliphatic carbocycles. The van der Waals surface area contributed by atoms with E-state index >= 15 is 0 Å². The summed E-state index contributed by atoms with van der Waals surface area (Å²) in [4.78, 5) is 10.1. The molecule has 0 bridgehead atoms. The summed E-state index contributed by atoms with van der Waals surface area (Å²) >= 11 is 2.19. The van der Waals surface area contributed by atoms with E-state index < -0.39 is 28.2 Å². The summed E-state index contributed by atoms with van der Waals surface area (Å²) in [7, 11) is 0. The van der Waals surface area contributed by atoms with Crippen molar-refractivity contribution < 1.29 is 22.4 Å². The van der Waals surface area contributed by atoms with E-state index in [0.29, 0.717) is 6.08 Å². The van der Waals surface area contributed by atoms with Gasteiger partial charge in [0.15, 0.2) is 6.17 Å². The van der Waals surface area contributed by atoms with Crippen LogP contribution in [0.25, 0.3) is 0 Å². The first kappa shape index (κ1) is 10.4. The van der Waals surface area contributed by atoms with Gasteiger partial charge in [-0.2, -0.15) is 4.39 Å². The summed E-state index contributed by atoms with van der Waals surface area (Å²) in [6, 6.07) is -2.18. The van der Waals surface area contributed by atoms with Gasteiger partial charge in [0.2, 0.25) is 4.58 Å². The quantitative estimate of drug-likeness (QED) is 0.402. The maximum atomic E-state index is 13.0. The van der Waals surface area contributed by atoms with Crippen LogP contribution >= 0.6 is 15.9 Å². The van der Waals surface area contributed by atoms with Gasteiger partial charge < -0.3 is 0 Å². The molecule has 1 nitrogen and oxygen atoms in total. The molecular formula is C7H3BrF4O. The van der Waals surface area contributed by atoms with Gasteiger partial charge in [0.25, 0.3) is 0 Å². The molecule has 2 atom stereocenters. The molecule has 13 heavy (non-hydrogen) atoms. The van der Waals surface area contributed by atoms with Gasteiger partial charge in [-0.1, -0.05) is 0 Å². The molecule has 0 heterocycles. The van der Waals surface area contributed by atoms with E-state index in [1.54, 1.807) is 0 Å². The maximum Gasteiger partial charge on any atom is 0.331 e. The fraction of sp³-hybridized carbons (Fsp3) is 0.286. The van der Waals surface area contributed by atoms with Gasteiger partial charge in [-0.25, -0.2) is 13.2 Å². The molecule has 6 heteroatoms. The topological polar surface area (TPSA) is 17.1 Å². The molecule has 0 aliphatic heterocycles. The molecule has 0 radical (unpaired) electrons. The minimum Gasteiger partial charge on any atom is -0.256 e. The third-order valence-electron chi connectivity index (χ3n) is 1.46. The predicted molar refractivity (Wildman–Crippen MR) is 41.1 cm³/mol. The predicted octanol–water partition coefficient (Wildman–Crippen LogP) is 2.67. The molecule has 0 aromatic heterocycles. The van der Waals surface area contributed by atoms with Crippen molar-refractivity contribution in [3.8, 4) is 0 Å². The van der Waals surface area contributed by atoms with Crippen molar-refractivity contribution in [2.75, 3.05) is 0 Å². The summed E-state index contributed by atoms with van der Waals surface area (Å²) in [6.07, 6.45) is -1.93. The zero-order chi connectivity index (χ0) is 10.2. The van der Waals surface area contributed by atoms with Gasteiger partial charge in [-0.3, -0.25) is 4.79 Å². The zero-order valence-corrected chi connectivity index (χ0v) is 7.62. The fourth-order valence-corrected chi connectivity index (χ4v) is 1.35. The molecule has 0 spiro atoms. The number of carbonyl (C=O) groups is 1. The smallest absolute Gasteiger partial charge is 0.256 e. The highest BCUT2D eigenvalue weighted by Gasteiger charge is 2.43. The van der Waals surface area contributed by atoms with E-state index in [1.165, 1.54) is 0 Å². The zero-order valence-electron chi connectivity index (χ0n) is 6.03. The van der Waals surface area contributed by atoms with Crippen molar-refractivity contribution in [2.45, 2.75) is 10.7 Å². The monoisotopic (exact) mass is 258 g/mol. The van der Waals surface area contributed by atoms with Crippen LogP contribution in [0.15, 0.2) is 23.6 Å². The van der Waals surface area contributed by atoms with Gasteiger partial charge in [0.05, 0.1) is 5.57 Å². The van der Waals surface area contributed by atoms with Crippen molar-refractivity contribution in [3.05, 3.63) is 23.6 Å². The van der Waals surface area contributed by atoms with Crippen molar-refractivity contribution in [1.82, 2.24) is 0 Å². The number of alkyl halides is 3. The van der Waals surface area contributed by atoms with E-state index in [-0.39, 0.29) is 6.08 Å². The first-order chi connectivity index (χ1) is 5.84. The lowest BCUT2D eigenvalue weighted by atomic mass is 10.0. The van der Waals surface area contributed by atoms with Gasteiger partial charge in [-0.15, -0.1) is 0 Å². The molecule has 1 rings (SSSR count). The standard InChI is InChI=1S/C7H3BrF4O/c8-7(12)2-3(9)1-4(5(7)10)6(11)13/h1-2,5H. The lowest BCUT2D eigenvalue weighted by molar-refractivity contribution is -0.126. The van der Waals surface area contributed by atoms with Gasteiger partial charge in [-0.05, 0) is 22.0 Å². The molecule has 0 aromatic carbocycles. The first-order valence-electron chi connectivity index (χ1n) is 3.16. The van der Waals surface area contributed by atoms with Crippen LogP contribution in [0.1, 0.15) is 0 Å². The molecule has 0 saturated heterocycles. The summed E-state index contributed by atoms with van der Waals surface area (Å²) in [5, 5.41) is 0. The third kappa shape index (κ3) is 1.99. The first-order valence-corrected chi connectivity index (χ1v) is 3.95. The number of halogens is 5. The Labute approximate surface area is 79.2 Å². The highest BCUT2D eigenvalue weighted by molar-refractivity contribution is 9.10. The molecular weight excluding hydrogens is 256 g/mol. The van der Waals surface area contributed by atoms with Crippen LogP contribution in [0.4, 0.5) is 17.6 Å². The van der Waals surface area contributed by atoms with Crippen LogP contribution in [-0.2, 0) is 4.79 Å². The van der Waals surface area contributed by atoms with E-state index in [9.17, 15) is 22.4 Å². The van der Waals surface area contributed by atoms with Crippen molar-refractivity contribution in [2.24, 2.45) is 0 Å². The molecule has 0 saturated carbocycles. The van der Waals surface area contributed by atoms with Crippen LogP contribution in [0.2, 0.25) is 0 Å². The number of carbonyl (C=O) groups excluding carboxylic acids is 1. The van der Waals surface area contributed by atoms with Crippen LogP contribution in [-0.4, -0.2) is 16.8 Å². The van der Waals surface area contributed by atoms with Gasteiger partial charge in [0, 0.05) is 6.08 Å². The molecule has 0 fully saturated rings. The second-order valence-electron chi connectivity index (χ2n) is 2.44. The van der Waals surface area contributed by atoms with E-state index in [0.717, 1.165) is 0 Å². The number of allylic oxidation sites excluding steroid dienone is 4. The number of rotatable bonds is 1. The average molecular weight is 259 g/mol. The van der Waals surface area contributed by atoms with Crippen LogP contribution in [0.5, 0.6) is 0 Å². The Balaban J connectivity index is 3.12. The normalized spacial score (nSPS) is 33.8. The van der Waals surface area contributed by atoms with Crippen LogP contribution < -0.4 is 0 Å². The van der Waals surface area contributed by atoms with Crippen molar-refractivity contribution >= 4 is 22.0 Å². The Morgan fingerprint density at radius 3 is 2.62 bits per heavy atom. The summed E-state index contributed by atoms with van der Waals surface area (Å²) in [6.45, 7) is 0. The van der Waals surface area contributed by atoms with E-state index in [4.69, 9.17) is 0 Å². The Morgan fingerprint density at radius 1 is 1.62 bits per heavy atom. The molecule has 72 valence electrons. The van der Waals surface area contributed by atoms with E-state index in [1.807, 2.05) is 0 Å². The highest BCUT2D eigenvalue weighted by atomic mass is 79.9. The van der Waals surface area contributed by atoms with Crippen molar-refractivity contribution in [3.63, 3.8) is 0 Å². The average Bonchev–Trinajstić information content (AvgIpc) is 1.95. The Bertz CT molecular complexity index is 308.